The quantitative estimate of drug-likeness (QED) is 0.515. The van der Waals surface area contributed by atoms with Crippen molar-refractivity contribution in [3.05, 3.63) is 0 Å². The van der Waals surface area contributed by atoms with Crippen molar-refractivity contribution in [1.82, 2.24) is 0 Å². The van der Waals surface area contributed by atoms with Gasteiger partial charge in [-0.1, -0.05) is 6.92 Å². The van der Waals surface area contributed by atoms with E-state index in [1.54, 1.807) is 6.92 Å². The molecule has 0 atom stereocenters. The largest absolute Gasteiger partial charge is 0.481 e. The molecule has 0 aliphatic heterocycles. The van der Waals surface area contributed by atoms with Crippen LogP contribution in [-0.2, 0) is 19.1 Å². The molecule has 3 N–H and O–H groups in total. The summed E-state index contributed by atoms with van der Waals surface area (Å²) < 4.78 is 4.90. The zero-order valence-electron chi connectivity index (χ0n) is 9.80. The first-order valence-electron chi connectivity index (χ1n) is 4.65. The Labute approximate surface area is 120 Å². The van der Waals surface area contributed by atoms with Gasteiger partial charge in [0.05, 0.1) is 12.8 Å². The van der Waals surface area contributed by atoms with Gasteiger partial charge in [0.1, 0.15) is 0 Å². The fourth-order valence-corrected chi connectivity index (χ4v) is 1.16. The molecule has 8 heteroatoms. The number of hydrogen-bond acceptors (Lipinski definition) is 4. The van der Waals surface area contributed by atoms with E-state index in [1.807, 2.05) is 0 Å². The maximum atomic E-state index is 10.9. The van der Waals surface area contributed by atoms with Crippen LogP contribution in [0.4, 0.5) is 0 Å². The van der Waals surface area contributed by atoms with Crippen molar-refractivity contribution in [1.29, 1.82) is 0 Å². The standard InChI is InChI=1S/C9H14O7.Na/c1-2-3-16-9(8(14)15,4-6(10)11)5-7(12)13;/h2-5H2,1H3,(H,10,11)(H,12,13)(H,14,15);. The van der Waals surface area contributed by atoms with Crippen LogP contribution in [0.5, 0.6) is 0 Å². The Morgan fingerprint density at radius 1 is 1.06 bits per heavy atom. The van der Waals surface area contributed by atoms with Crippen LogP contribution in [0.25, 0.3) is 0 Å². The summed E-state index contributed by atoms with van der Waals surface area (Å²) in [6.45, 7) is 1.70. The normalized spacial score (nSPS) is 10.4. The zero-order valence-corrected chi connectivity index (χ0v) is 11.8. The minimum atomic E-state index is -2.19. The second-order valence-corrected chi connectivity index (χ2v) is 3.29. The average Bonchev–Trinajstić information content (AvgIpc) is 2.11. The topological polar surface area (TPSA) is 121 Å². The Hall–Kier alpha value is -0.630. The first-order valence-corrected chi connectivity index (χ1v) is 4.65. The van der Waals surface area contributed by atoms with Crippen LogP contribution in [-0.4, -0.2) is 75.0 Å². The van der Waals surface area contributed by atoms with Gasteiger partial charge in [-0.2, -0.15) is 0 Å². The molecule has 0 unspecified atom stereocenters. The second kappa shape index (κ2) is 8.46. The van der Waals surface area contributed by atoms with Gasteiger partial charge >= 0.3 is 17.9 Å². The van der Waals surface area contributed by atoms with Crippen LogP contribution in [0.1, 0.15) is 26.2 Å². The van der Waals surface area contributed by atoms with Gasteiger partial charge in [-0.3, -0.25) is 9.59 Å². The van der Waals surface area contributed by atoms with Crippen LogP contribution in [0.3, 0.4) is 0 Å². The molecule has 0 fully saturated rings. The summed E-state index contributed by atoms with van der Waals surface area (Å²) in [6, 6.07) is 0. The van der Waals surface area contributed by atoms with Gasteiger partial charge in [-0.15, -0.1) is 0 Å². The molecule has 7 nitrogen and oxygen atoms in total. The third-order valence-corrected chi connectivity index (χ3v) is 1.85. The fraction of sp³-hybridized carbons (Fsp3) is 0.667. The smallest absolute Gasteiger partial charge is 0.337 e. The summed E-state index contributed by atoms with van der Waals surface area (Å²) in [5.41, 5.74) is -2.19. The molecule has 0 saturated heterocycles. The first kappa shape index (κ1) is 18.7. The number of carbonyl (C=O) groups is 3. The van der Waals surface area contributed by atoms with Gasteiger partial charge in [-0.25, -0.2) is 4.79 Å². The molecule has 0 spiro atoms. The molecule has 0 aromatic rings. The molecule has 93 valence electrons. The Kier molecular flexibility index (Phi) is 9.32. The van der Waals surface area contributed by atoms with Crippen molar-refractivity contribution in [3.63, 3.8) is 0 Å². The number of carboxylic acids is 3. The van der Waals surface area contributed by atoms with Crippen molar-refractivity contribution < 1.29 is 34.4 Å². The van der Waals surface area contributed by atoms with Crippen LogP contribution < -0.4 is 0 Å². The molecule has 0 saturated carbocycles. The summed E-state index contributed by atoms with van der Waals surface area (Å²) in [6.07, 6.45) is -1.29. The number of rotatable bonds is 8. The molecule has 0 amide bonds. The molecule has 0 aromatic heterocycles. The van der Waals surface area contributed by atoms with E-state index in [0.717, 1.165) is 0 Å². The van der Waals surface area contributed by atoms with Crippen LogP contribution in [0, 0.1) is 0 Å². The Morgan fingerprint density at radius 2 is 1.47 bits per heavy atom. The minimum Gasteiger partial charge on any atom is -0.481 e. The van der Waals surface area contributed by atoms with E-state index in [9.17, 15) is 14.4 Å². The van der Waals surface area contributed by atoms with E-state index in [1.165, 1.54) is 0 Å². The summed E-state index contributed by atoms with van der Waals surface area (Å²) >= 11 is 0. The molecule has 17 heavy (non-hydrogen) atoms. The molecule has 0 bridgehead atoms. The maximum Gasteiger partial charge on any atom is 0.337 e. The van der Waals surface area contributed by atoms with E-state index in [2.05, 4.69) is 0 Å². The predicted octanol–water partition coefficient (Wildman–Crippen LogP) is -0.195. The number of aliphatic carboxylic acids is 3. The number of hydrogen-bond donors (Lipinski definition) is 3. The summed E-state index contributed by atoms with van der Waals surface area (Å²) in [4.78, 5) is 32.0. The van der Waals surface area contributed by atoms with Gasteiger partial charge in [-0.05, 0) is 6.42 Å². The molecule has 0 aromatic carbocycles. The van der Waals surface area contributed by atoms with Crippen molar-refractivity contribution in [2.24, 2.45) is 0 Å². The van der Waals surface area contributed by atoms with Crippen molar-refractivity contribution in [2.45, 2.75) is 31.8 Å². The Morgan fingerprint density at radius 3 is 1.71 bits per heavy atom. The molecular formula is C9H14NaO7. The van der Waals surface area contributed by atoms with E-state index in [4.69, 9.17) is 20.1 Å². The van der Waals surface area contributed by atoms with Gasteiger partial charge in [0.25, 0.3) is 0 Å². The van der Waals surface area contributed by atoms with Crippen LogP contribution >= 0.6 is 0 Å². The predicted molar refractivity (Wildman–Crippen MR) is 56.9 cm³/mol. The summed E-state index contributed by atoms with van der Waals surface area (Å²) in [5.74, 6) is -4.41. The van der Waals surface area contributed by atoms with E-state index >= 15 is 0 Å². The van der Waals surface area contributed by atoms with E-state index < -0.39 is 36.4 Å². The molecule has 0 aliphatic carbocycles. The Balaban J connectivity index is 0. The third-order valence-electron chi connectivity index (χ3n) is 1.85. The van der Waals surface area contributed by atoms with Gasteiger partial charge < -0.3 is 20.1 Å². The molecular weight excluding hydrogens is 243 g/mol. The molecule has 0 rings (SSSR count). The average molecular weight is 257 g/mol. The van der Waals surface area contributed by atoms with Gasteiger partial charge in [0, 0.05) is 36.2 Å². The molecule has 1 radical (unpaired) electrons. The third kappa shape index (κ3) is 6.62. The minimum absolute atomic E-state index is 0. The zero-order chi connectivity index (χ0) is 12.8. The maximum absolute atomic E-state index is 10.9. The summed E-state index contributed by atoms with van der Waals surface area (Å²) in [5, 5.41) is 26.0. The van der Waals surface area contributed by atoms with Gasteiger partial charge in [0.15, 0.2) is 5.60 Å². The first-order chi connectivity index (χ1) is 7.34. The monoisotopic (exact) mass is 257 g/mol. The molecule has 0 aliphatic rings. The number of ether oxygens (including phenoxy) is 1. The second-order valence-electron chi connectivity index (χ2n) is 3.29. The molecule has 0 heterocycles. The van der Waals surface area contributed by atoms with Crippen molar-refractivity contribution >= 4 is 47.5 Å². The SMILES string of the molecule is CCCOC(CC(=O)O)(CC(=O)O)C(=O)O.[Na]. The van der Waals surface area contributed by atoms with Gasteiger partial charge in [0.2, 0.25) is 0 Å². The Bertz CT molecular complexity index is 273. The fourth-order valence-electron chi connectivity index (χ4n) is 1.16. The van der Waals surface area contributed by atoms with Crippen molar-refractivity contribution in [2.75, 3.05) is 6.61 Å². The summed E-state index contributed by atoms with van der Waals surface area (Å²) in [7, 11) is 0. The van der Waals surface area contributed by atoms with Crippen molar-refractivity contribution in [3.8, 4) is 0 Å². The number of carboxylic acid groups (broad SMARTS) is 3. The van der Waals surface area contributed by atoms with Crippen LogP contribution in [0.15, 0.2) is 0 Å². The van der Waals surface area contributed by atoms with E-state index in [-0.39, 0.29) is 36.2 Å². The van der Waals surface area contributed by atoms with Crippen LogP contribution in [0.2, 0.25) is 0 Å². The van der Waals surface area contributed by atoms with E-state index in [0.29, 0.717) is 6.42 Å².